The normalized spacial score (nSPS) is 14.6. The molecular formula is C17H13Br2NS2. The van der Waals surface area contributed by atoms with Crippen LogP contribution in [0.25, 0.3) is 0 Å². The number of benzene rings is 2. The first kappa shape index (κ1) is 16.4. The number of rotatable bonds is 0. The number of halogens is 2. The highest BCUT2D eigenvalue weighted by atomic mass is 79.9. The molecule has 0 aromatic heterocycles. The Kier molecular flexibility index (Phi) is 5.56. The second-order valence-electron chi connectivity index (χ2n) is 5.12. The van der Waals surface area contributed by atoms with Crippen LogP contribution in [0.5, 0.6) is 0 Å². The van der Waals surface area contributed by atoms with E-state index < -0.39 is 0 Å². The van der Waals surface area contributed by atoms with E-state index in [0.717, 1.165) is 34.1 Å². The van der Waals surface area contributed by atoms with Crippen molar-refractivity contribution in [2.75, 3.05) is 0 Å². The minimum Gasteiger partial charge on any atom is -0.192 e. The minimum absolute atomic E-state index is 0.816. The highest BCUT2D eigenvalue weighted by Crippen LogP contribution is 2.33. The first-order chi connectivity index (χ1) is 10.7. The molecule has 0 saturated heterocycles. The quantitative estimate of drug-likeness (QED) is 0.469. The standard InChI is InChI=1S/C17H13Br2NS2/c18-16-5-15-10-22-8-12-2-1-11(3-13(12)6-20)7-21-9-14(16)4-17(15)19/h1-5H,7-10H2. The largest absolute Gasteiger partial charge is 0.192 e. The smallest absolute Gasteiger partial charge is 0.0994 e. The van der Waals surface area contributed by atoms with E-state index in [-0.39, 0.29) is 0 Å². The van der Waals surface area contributed by atoms with Gasteiger partial charge in [-0.15, -0.1) is 0 Å². The van der Waals surface area contributed by atoms with E-state index in [1.54, 1.807) is 0 Å². The van der Waals surface area contributed by atoms with Gasteiger partial charge in [0.1, 0.15) is 0 Å². The lowest BCUT2D eigenvalue weighted by Gasteiger charge is -2.13. The Morgan fingerprint density at radius 2 is 1.41 bits per heavy atom. The van der Waals surface area contributed by atoms with Crippen LogP contribution in [-0.4, -0.2) is 0 Å². The third-order valence-electron chi connectivity index (χ3n) is 3.55. The van der Waals surface area contributed by atoms with Crippen molar-refractivity contribution in [3.63, 3.8) is 0 Å². The summed E-state index contributed by atoms with van der Waals surface area (Å²) in [4.78, 5) is 0. The van der Waals surface area contributed by atoms with Crippen molar-refractivity contribution in [1.29, 1.82) is 5.26 Å². The first-order valence-electron chi connectivity index (χ1n) is 6.81. The summed E-state index contributed by atoms with van der Waals surface area (Å²) in [5.41, 5.74) is 5.76. The van der Waals surface area contributed by atoms with Crippen molar-refractivity contribution < 1.29 is 0 Å². The molecule has 2 aromatic rings. The van der Waals surface area contributed by atoms with Crippen LogP contribution < -0.4 is 0 Å². The maximum Gasteiger partial charge on any atom is 0.0994 e. The molecular weight excluding hydrogens is 442 g/mol. The topological polar surface area (TPSA) is 23.8 Å². The van der Waals surface area contributed by atoms with E-state index in [2.05, 4.69) is 62.2 Å². The zero-order valence-corrected chi connectivity index (χ0v) is 16.5. The fourth-order valence-corrected chi connectivity index (χ4v) is 5.79. The number of thioether (sulfide) groups is 2. The molecule has 0 unspecified atom stereocenters. The van der Waals surface area contributed by atoms with Crippen molar-refractivity contribution in [2.24, 2.45) is 0 Å². The molecule has 2 aromatic carbocycles. The van der Waals surface area contributed by atoms with Crippen molar-refractivity contribution in [3.8, 4) is 6.07 Å². The molecule has 0 atom stereocenters. The van der Waals surface area contributed by atoms with Gasteiger partial charge in [-0.05, 0) is 40.5 Å². The second-order valence-corrected chi connectivity index (χ2v) is 8.80. The van der Waals surface area contributed by atoms with E-state index in [0.29, 0.717) is 0 Å². The fraction of sp³-hybridized carbons (Fsp3) is 0.235. The Morgan fingerprint density at radius 1 is 0.818 bits per heavy atom. The van der Waals surface area contributed by atoms with Gasteiger partial charge < -0.3 is 0 Å². The van der Waals surface area contributed by atoms with Crippen LogP contribution in [0.3, 0.4) is 0 Å². The van der Waals surface area contributed by atoms with Crippen molar-refractivity contribution in [2.45, 2.75) is 23.0 Å². The molecule has 0 aliphatic carbocycles. The molecule has 4 heterocycles. The van der Waals surface area contributed by atoms with Gasteiger partial charge in [-0.1, -0.05) is 44.0 Å². The van der Waals surface area contributed by atoms with Crippen LogP contribution in [0.4, 0.5) is 0 Å². The van der Waals surface area contributed by atoms with Gasteiger partial charge in [-0.3, -0.25) is 0 Å². The van der Waals surface area contributed by atoms with Crippen LogP contribution in [-0.2, 0) is 23.0 Å². The SMILES string of the molecule is N#Cc1cc2ccc1CSCc1cc(Br)c(cc1Br)CSC2. The average molecular weight is 455 g/mol. The third kappa shape index (κ3) is 3.73. The maximum atomic E-state index is 9.36. The predicted octanol–water partition coefficient (Wildman–Crippen LogP) is 6.26. The molecule has 6 rings (SSSR count). The van der Waals surface area contributed by atoms with Crippen LogP contribution >= 0.6 is 55.4 Å². The van der Waals surface area contributed by atoms with Gasteiger partial charge in [0, 0.05) is 32.0 Å². The van der Waals surface area contributed by atoms with Gasteiger partial charge in [-0.2, -0.15) is 28.8 Å². The molecule has 4 aliphatic heterocycles. The second kappa shape index (κ2) is 7.44. The molecule has 22 heavy (non-hydrogen) atoms. The molecule has 112 valence electrons. The summed E-state index contributed by atoms with van der Waals surface area (Å²) in [6, 6.07) is 13.1. The maximum absolute atomic E-state index is 9.36. The fourth-order valence-electron chi connectivity index (χ4n) is 2.34. The van der Waals surface area contributed by atoms with Crippen LogP contribution in [0.1, 0.15) is 27.8 Å². The van der Waals surface area contributed by atoms with Crippen LogP contribution in [0.15, 0.2) is 39.3 Å². The van der Waals surface area contributed by atoms with E-state index in [4.69, 9.17) is 0 Å². The monoisotopic (exact) mass is 453 g/mol. The Bertz CT molecular complexity index is 753. The van der Waals surface area contributed by atoms with Crippen molar-refractivity contribution >= 4 is 55.4 Å². The average Bonchev–Trinajstić information content (AvgIpc) is 2.52. The zero-order chi connectivity index (χ0) is 15.5. The number of nitrogens with zero attached hydrogens (tertiary/aromatic N) is 1. The molecule has 4 aliphatic rings. The molecule has 0 spiro atoms. The molecule has 5 heteroatoms. The van der Waals surface area contributed by atoms with E-state index in [9.17, 15) is 5.26 Å². The lowest BCUT2D eigenvalue weighted by atomic mass is 10.1. The first-order valence-corrected chi connectivity index (χ1v) is 10.7. The van der Waals surface area contributed by atoms with E-state index in [1.165, 1.54) is 25.6 Å². The molecule has 0 N–H and O–H groups in total. The molecule has 4 bridgehead atoms. The molecule has 0 fully saturated rings. The Labute approximate surface area is 156 Å². The minimum atomic E-state index is 0.816. The summed E-state index contributed by atoms with van der Waals surface area (Å²) in [6.07, 6.45) is 0. The summed E-state index contributed by atoms with van der Waals surface area (Å²) in [5, 5.41) is 9.36. The van der Waals surface area contributed by atoms with Crippen molar-refractivity contribution in [1.82, 2.24) is 0 Å². The summed E-state index contributed by atoms with van der Waals surface area (Å²) in [7, 11) is 0. The molecule has 0 saturated carbocycles. The third-order valence-corrected chi connectivity index (χ3v) is 7.11. The zero-order valence-electron chi connectivity index (χ0n) is 11.7. The molecule has 0 radical (unpaired) electrons. The lowest BCUT2D eigenvalue weighted by molar-refractivity contribution is 1.26. The Hall–Kier alpha value is -0.410. The number of nitriles is 1. The van der Waals surface area contributed by atoms with E-state index in [1.807, 2.05) is 29.6 Å². The highest BCUT2D eigenvalue weighted by molar-refractivity contribution is 9.11. The summed E-state index contributed by atoms with van der Waals surface area (Å²) in [6.45, 7) is 0. The van der Waals surface area contributed by atoms with Gasteiger partial charge in [0.25, 0.3) is 0 Å². The highest BCUT2D eigenvalue weighted by Gasteiger charge is 2.11. The van der Waals surface area contributed by atoms with Gasteiger partial charge in [-0.25, -0.2) is 0 Å². The summed E-state index contributed by atoms with van der Waals surface area (Å²) in [5.74, 6) is 3.67. The van der Waals surface area contributed by atoms with Gasteiger partial charge >= 0.3 is 0 Å². The molecule has 1 nitrogen and oxygen atoms in total. The lowest BCUT2D eigenvalue weighted by Crippen LogP contribution is -1.95. The van der Waals surface area contributed by atoms with Gasteiger partial charge in [0.2, 0.25) is 0 Å². The van der Waals surface area contributed by atoms with Gasteiger partial charge in [0.05, 0.1) is 11.6 Å². The Morgan fingerprint density at radius 3 is 2.05 bits per heavy atom. The summed E-state index contributed by atoms with van der Waals surface area (Å²) < 4.78 is 2.35. The predicted molar refractivity (Wildman–Crippen MR) is 103 cm³/mol. The number of hydrogen-bond acceptors (Lipinski definition) is 3. The number of hydrogen-bond donors (Lipinski definition) is 0. The van der Waals surface area contributed by atoms with Crippen LogP contribution in [0, 0.1) is 11.3 Å². The van der Waals surface area contributed by atoms with Crippen LogP contribution in [0.2, 0.25) is 0 Å². The Balaban J connectivity index is 1.95. The van der Waals surface area contributed by atoms with Crippen molar-refractivity contribution in [3.05, 3.63) is 67.1 Å². The van der Waals surface area contributed by atoms with Gasteiger partial charge in [0.15, 0.2) is 0 Å². The summed E-state index contributed by atoms with van der Waals surface area (Å²) >= 11 is 11.1. The molecule has 0 amide bonds. The van der Waals surface area contributed by atoms with E-state index >= 15 is 0 Å².